The van der Waals surface area contributed by atoms with Gasteiger partial charge in [-0.2, -0.15) is 4.98 Å². The lowest BCUT2D eigenvalue weighted by Gasteiger charge is -2.17. The summed E-state index contributed by atoms with van der Waals surface area (Å²) in [7, 11) is 0. The van der Waals surface area contributed by atoms with Crippen molar-refractivity contribution in [3.8, 4) is 0 Å². The molecular weight excluding hydrogens is 366 g/mol. The molecule has 1 fully saturated rings. The number of hydrogen-bond donors (Lipinski definition) is 2. The van der Waals surface area contributed by atoms with E-state index in [0.717, 1.165) is 17.3 Å². The summed E-state index contributed by atoms with van der Waals surface area (Å²) in [5.41, 5.74) is 1.10. The highest BCUT2D eigenvalue weighted by atomic mass is 35.5. The van der Waals surface area contributed by atoms with E-state index in [2.05, 4.69) is 20.3 Å². The Morgan fingerprint density at radius 3 is 2.89 bits per heavy atom. The smallest absolute Gasteiger partial charge is 0.253 e. The van der Waals surface area contributed by atoms with E-state index in [1.165, 1.54) is 0 Å². The largest absolute Gasteiger partial charge is 0.347 e. The molecule has 0 bridgehead atoms. The Morgan fingerprint density at radius 2 is 2.11 bits per heavy atom. The zero-order chi connectivity index (χ0) is 19.0. The number of halogens is 1. The molecule has 0 aliphatic carbocycles. The van der Waals surface area contributed by atoms with Gasteiger partial charge in [-0.05, 0) is 43.7 Å². The van der Waals surface area contributed by atoms with Gasteiger partial charge in [-0.1, -0.05) is 11.6 Å². The maximum absolute atomic E-state index is 12.4. The van der Waals surface area contributed by atoms with Crippen molar-refractivity contribution in [2.45, 2.75) is 25.8 Å². The molecule has 4 rings (SSSR count). The molecule has 0 radical (unpaired) electrons. The van der Waals surface area contributed by atoms with Crippen LogP contribution >= 0.6 is 11.6 Å². The molecule has 1 aliphatic heterocycles. The number of pyridine rings is 1. The summed E-state index contributed by atoms with van der Waals surface area (Å²) in [4.78, 5) is 37.5. The second-order valence-electron chi connectivity index (χ2n) is 6.54. The van der Waals surface area contributed by atoms with E-state index in [4.69, 9.17) is 11.6 Å². The van der Waals surface area contributed by atoms with E-state index >= 15 is 0 Å². The summed E-state index contributed by atoms with van der Waals surface area (Å²) in [6.45, 7) is 2.52. The van der Waals surface area contributed by atoms with Crippen molar-refractivity contribution in [3.05, 3.63) is 57.5 Å². The number of rotatable bonds is 4. The van der Waals surface area contributed by atoms with Gasteiger partial charge in [0.1, 0.15) is 5.82 Å². The van der Waals surface area contributed by atoms with Crippen LogP contribution in [-0.4, -0.2) is 27.4 Å². The fourth-order valence-corrected chi connectivity index (χ4v) is 3.43. The van der Waals surface area contributed by atoms with Crippen LogP contribution in [-0.2, 0) is 4.79 Å². The maximum atomic E-state index is 12.4. The molecule has 1 aliphatic rings. The van der Waals surface area contributed by atoms with Crippen LogP contribution in [0.25, 0.3) is 10.9 Å². The highest BCUT2D eigenvalue weighted by molar-refractivity contribution is 6.31. The number of fused-ring (bicyclic) bond motifs is 1. The normalized spacial score (nSPS) is 15.3. The minimum atomic E-state index is -0.332. The molecule has 8 heteroatoms. The highest BCUT2D eigenvalue weighted by Gasteiger charge is 2.23. The number of aromatic amines is 1. The van der Waals surface area contributed by atoms with Crippen molar-refractivity contribution in [2.75, 3.05) is 16.8 Å². The number of benzene rings is 1. The number of carbonyl (C=O) groups excluding carboxylic acids is 1. The molecule has 2 aromatic heterocycles. The van der Waals surface area contributed by atoms with Gasteiger partial charge >= 0.3 is 0 Å². The Hall–Kier alpha value is -2.93. The van der Waals surface area contributed by atoms with Crippen LogP contribution in [0, 0.1) is 0 Å². The SMILES string of the molecule is C[C@H](Nc1nccc(N2CCCC2=O)n1)c1cc2cc(Cl)ccc2[nH]c1=O. The van der Waals surface area contributed by atoms with Gasteiger partial charge in [0.05, 0.1) is 6.04 Å². The van der Waals surface area contributed by atoms with Crippen LogP contribution < -0.4 is 15.8 Å². The summed E-state index contributed by atoms with van der Waals surface area (Å²) >= 11 is 6.05. The Bertz CT molecular complexity index is 1080. The fourth-order valence-electron chi connectivity index (χ4n) is 3.25. The van der Waals surface area contributed by atoms with Crippen LogP contribution in [0.5, 0.6) is 0 Å². The van der Waals surface area contributed by atoms with Crippen molar-refractivity contribution in [2.24, 2.45) is 0 Å². The Labute approximate surface area is 160 Å². The molecule has 3 aromatic rings. The van der Waals surface area contributed by atoms with Gasteiger partial charge in [0.15, 0.2) is 0 Å². The summed E-state index contributed by atoms with van der Waals surface area (Å²) < 4.78 is 0. The zero-order valence-electron chi connectivity index (χ0n) is 14.7. The number of amides is 1. The molecule has 0 unspecified atom stereocenters. The van der Waals surface area contributed by atoms with Crippen LogP contribution in [0.2, 0.25) is 5.02 Å². The lowest BCUT2D eigenvalue weighted by atomic mass is 10.1. The van der Waals surface area contributed by atoms with Crippen LogP contribution in [0.3, 0.4) is 0 Å². The van der Waals surface area contributed by atoms with Crippen molar-refractivity contribution in [1.29, 1.82) is 0 Å². The Kier molecular flexibility index (Phi) is 4.53. The zero-order valence-corrected chi connectivity index (χ0v) is 15.5. The predicted octanol–water partition coefficient (Wildman–Crippen LogP) is 3.27. The van der Waals surface area contributed by atoms with Crippen molar-refractivity contribution < 1.29 is 4.79 Å². The van der Waals surface area contributed by atoms with Gasteiger partial charge < -0.3 is 10.3 Å². The second kappa shape index (κ2) is 7.00. The average Bonchev–Trinajstić information content (AvgIpc) is 3.07. The number of H-pyrrole nitrogens is 1. The van der Waals surface area contributed by atoms with Gasteiger partial charge in [-0.15, -0.1) is 0 Å². The van der Waals surface area contributed by atoms with E-state index in [9.17, 15) is 9.59 Å². The van der Waals surface area contributed by atoms with Crippen molar-refractivity contribution >= 4 is 40.2 Å². The van der Waals surface area contributed by atoms with Gasteiger partial charge in [-0.25, -0.2) is 4.98 Å². The Balaban J connectivity index is 1.61. The molecule has 7 nitrogen and oxygen atoms in total. The molecule has 3 heterocycles. The van der Waals surface area contributed by atoms with E-state index in [0.29, 0.717) is 35.3 Å². The topological polar surface area (TPSA) is 91.0 Å². The highest BCUT2D eigenvalue weighted by Crippen LogP contribution is 2.23. The molecule has 0 spiro atoms. The summed E-state index contributed by atoms with van der Waals surface area (Å²) in [5.74, 6) is 1.00. The Morgan fingerprint density at radius 1 is 1.26 bits per heavy atom. The van der Waals surface area contributed by atoms with Crippen LogP contribution in [0.15, 0.2) is 41.3 Å². The quantitative estimate of drug-likeness (QED) is 0.721. The van der Waals surface area contributed by atoms with E-state index in [1.54, 1.807) is 35.4 Å². The first-order valence-electron chi connectivity index (χ1n) is 8.74. The standard InChI is InChI=1S/C19H18ClN5O2/c1-11(14-10-12-9-13(20)4-5-15(12)23-18(14)27)22-19-21-7-6-16(24-19)25-8-2-3-17(25)26/h4-7,9-11H,2-3,8H2,1H3,(H,23,27)(H,21,22,24)/t11-/m0/s1. The van der Waals surface area contributed by atoms with Gasteiger partial charge in [0.2, 0.25) is 11.9 Å². The molecule has 27 heavy (non-hydrogen) atoms. The van der Waals surface area contributed by atoms with E-state index < -0.39 is 0 Å². The lowest BCUT2D eigenvalue weighted by Crippen LogP contribution is -2.25. The number of anilines is 2. The first kappa shape index (κ1) is 17.5. The number of nitrogens with zero attached hydrogens (tertiary/aromatic N) is 3. The molecule has 2 N–H and O–H groups in total. The van der Waals surface area contributed by atoms with Crippen LogP contribution in [0.4, 0.5) is 11.8 Å². The number of aromatic nitrogens is 3. The van der Waals surface area contributed by atoms with Crippen molar-refractivity contribution in [3.63, 3.8) is 0 Å². The summed E-state index contributed by atoms with van der Waals surface area (Å²) in [5, 5.41) is 4.60. The van der Waals surface area contributed by atoms with Gasteiger partial charge in [0, 0.05) is 40.7 Å². The number of hydrogen-bond acceptors (Lipinski definition) is 5. The predicted molar refractivity (Wildman–Crippen MR) is 105 cm³/mol. The first-order chi connectivity index (χ1) is 13.0. The molecule has 138 valence electrons. The van der Waals surface area contributed by atoms with E-state index in [-0.39, 0.29) is 17.5 Å². The molecule has 0 saturated carbocycles. The molecule has 1 amide bonds. The van der Waals surface area contributed by atoms with Gasteiger partial charge in [0.25, 0.3) is 5.56 Å². The summed E-state index contributed by atoms with van der Waals surface area (Å²) in [6, 6.07) is 8.51. The summed E-state index contributed by atoms with van der Waals surface area (Å²) in [6.07, 6.45) is 2.97. The fraction of sp³-hybridized carbons (Fsp3) is 0.263. The first-order valence-corrected chi connectivity index (χ1v) is 9.11. The third-order valence-corrected chi connectivity index (χ3v) is 4.87. The minimum absolute atomic E-state index is 0.0653. The molecular formula is C19H18ClN5O2. The third-order valence-electron chi connectivity index (χ3n) is 4.64. The maximum Gasteiger partial charge on any atom is 0.253 e. The minimum Gasteiger partial charge on any atom is -0.347 e. The lowest BCUT2D eigenvalue weighted by molar-refractivity contribution is -0.117. The molecule has 1 saturated heterocycles. The molecule has 1 atom stereocenters. The third kappa shape index (κ3) is 3.50. The van der Waals surface area contributed by atoms with E-state index in [1.807, 2.05) is 13.0 Å². The molecule has 1 aromatic carbocycles. The monoisotopic (exact) mass is 383 g/mol. The number of carbonyl (C=O) groups is 1. The van der Waals surface area contributed by atoms with Crippen LogP contribution in [0.1, 0.15) is 31.4 Å². The number of nitrogens with one attached hydrogen (secondary N) is 2. The average molecular weight is 384 g/mol. The van der Waals surface area contributed by atoms with Crippen molar-refractivity contribution in [1.82, 2.24) is 15.0 Å². The second-order valence-corrected chi connectivity index (χ2v) is 6.98. The van der Waals surface area contributed by atoms with Gasteiger partial charge in [-0.3, -0.25) is 14.5 Å².